The highest BCUT2D eigenvalue weighted by molar-refractivity contribution is 7.09. The molecule has 2 heterocycles. The third kappa shape index (κ3) is 7.07. The van der Waals surface area contributed by atoms with Gasteiger partial charge in [0.25, 0.3) is 0 Å². The molecule has 1 aliphatic heterocycles. The van der Waals surface area contributed by atoms with Gasteiger partial charge in [0.2, 0.25) is 5.13 Å². The van der Waals surface area contributed by atoms with Crippen LogP contribution in [0.2, 0.25) is 0 Å². The Morgan fingerprint density at radius 3 is 2.71 bits per heavy atom. The van der Waals surface area contributed by atoms with E-state index in [1.54, 1.807) is 0 Å². The molecule has 0 aliphatic carbocycles. The first-order valence-electron chi connectivity index (χ1n) is 11.1. The fourth-order valence-corrected chi connectivity index (χ4v) is 4.10. The Morgan fingerprint density at radius 1 is 1.23 bits per heavy atom. The summed E-state index contributed by atoms with van der Waals surface area (Å²) in [4.78, 5) is 16.3. The van der Waals surface area contributed by atoms with Crippen LogP contribution >= 0.6 is 11.5 Å². The number of hydrogen-bond donors (Lipinski definition) is 1. The van der Waals surface area contributed by atoms with Gasteiger partial charge in [-0.1, -0.05) is 19.1 Å². The number of rotatable bonds is 9. The fraction of sp³-hybridized carbons (Fsp3) is 0.591. The summed E-state index contributed by atoms with van der Waals surface area (Å²) in [6.45, 7) is 11.0. The molecule has 0 bridgehead atoms. The number of aromatic nitrogens is 2. The lowest BCUT2D eigenvalue weighted by Crippen LogP contribution is -2.52. The normalized spacial score (nSPS) is 14.9. The molecule has 0 radical (unpaired) electrons. The summed E-state index contributed by atoms with van der Waals surface area (Å²) in [6, 6.07) is 8.23. The number of nitrogens with one attached hydrogen (secondary N) is 1. The summed E-state index contributed by atoms with van der Waals surface area (Å²) in [5.41, 5.74) is 1.15. The second-order valence-corrected chi connectivity index (χ2v) is 8.52. The van der Waals surface area contributed by atoms with E-state index in [1.807, 2.05) is 26.2 Å². The standard InChI is InChI=1S/C22H35N7OS/c1-5-20-25-22(31-26-20)29-12-10-28(11-13-29)21(23-6-2)24-17-18-8-7-9-19(16-18)30-15-14-27(3)4/h7-9,16H,5-6,10-15,17H2,1-4H3,(H,23,24). The lowest BCUT2D eigenvalue weighted by Gasteiger charge is -2.36. The zero-order chi connectivity index (χ0) is 22.1. The molecule has 31 heavy (non-hydrogen) atoms. The topological polar surface area (TPSA) is 69.1 Å². The molecule has 2 aromatic rings. The molecule has 8 nitrogen and oxygen atoms in total. The average molecular weight is 446 g/mol. The summed E-state index contributed by atoms with van der Waals surface area (Å²) in [5.74, 6) is 2.80. The predicted octanol–water partition coefficient (Wildman–Crippen LogP) is 2.33. The van der Waals surface area contributed by atoms with Crippen LogP contribution in [0.3, 0.4) is 0 Å². The molecule has 1 aliphatic rings. The van der Waals surface area contributed by atoms with E-state index in [1.165, 1.54) is 11.5 Å². The van der Waals surface area contributed by atoms with E-state index in [-0.39, 0.29) is 0 Å². The van der Waals surface area contributed by atoms with E-state index in [4.69, 9.17) is 9.73 Å². The Bertz CT molecular complexity index is 831. The van der Waals surface area contributed by atoms with Crippen molar-refractivity contribution in [2.24, 2.45) is 4.99 Å². The molecular weight excluding hydrogens is 410 g/mol. The van der Waals surface area contributed by atoms with Crippen LogP contribution < -0.4 is 15.0 Å². The number of anilines is 1. The first-order chi connectivity index (χ1) is 15.1. The third-order valence-corrected chi connectivity index (χ3v) is 5.89. The fourth-order valence-electron chi connectivity index (χ4n) is 3.30. The van der Waals surface area contributed by atoms with Gasteiger partial charge in [0.15, 0.2) is 5.96 Å². The quantitative estimate of drug-likeness (QED) is 0.469. The zero-order valence-corrected chi connectivity index (χ0v) is 20.0. The van der Waals surface area contributed by atoms with Crippen LogP contribution in [-0.2, 0) is 13.0 Å². The van der Waals surface area contributed by atoms with E-state index < -0.39 is 0 Å². The minimum atomic E-state index is 0.629. The molecule has 0 spiro atoms. The van der Waals surface area contributed by atoms with E-state index in [2.05, 4.69) is 55.4 Å². The summed E-state index contributed by atoms with van der Waals surface area (Å²) < 4.78 is 10.3. The van der Waals surface area contributed by atoms with Crippen LogP contribution in [0.25, 0.3) is 0 Å². The van der Waals surface area contributed by atoms with Crippen molar-refractivity contribution < 1.29 is 4.74 Å². The predicted molar refractivity (Wildman–Crippen MR) is 128 cm³/mol. The van der Waals surface area contributed by atoms with Crippen molar-refractivity contribution in [1.82, 2.24) is 24.5 Å². The summed E-state index contributed by atoms with van der Waals surface area (Å²) in [7, 11) is 4.10. The first kappa shape index (κ1) is 23.3. The van der Waals surface area contributed by atoms with Crippen molar-refractivity contribution in [3.63, 3.8) is 0 Å². The van der Waals surface area contributed by atoms with Crippen LogP contribution in [0.5, 0.6) is 5.75 Å². The van der Waals surface area contributed by atoms with Gasteiger partial charge in [0, 0.05) is 57.2 Å². The van der Waals surface area contributed by atoms with Crippen LogP contribution in [0.1, 0.15) is 25.2 Å². The highest BCUT2D eigenvalue weighted by atomic mass is 32.1. The van der Waals surface area contributed by atoms with Gasteiger partial charge in [-0.3, -0.25) is 0 Å². The molecule has 1 aromatic carbocycles. The molecule has 1 fully saturated rings. The largest absolute Gasteiger partial charge is 0.492 e. The number of likely N-dealkylation sites (N-methyl/N-ethyl adjacent to an activating group) is 1. The smallest absolute Gasteiger partial charge is 0.205 e. The molecule has 0 atom stereocenters. The molecule has 0 saturated carbocycles. The Hall–Kier alpha value is -2.39. The average Bonchev–Trinajstić information content (AvgIpc) is 3.26. The van der Waals surface area contributed by atoms with Gasteiger partial charge in [-0.2, -0.15) is 4.37 Å². The van der Waals surface area contributed by atoms with Crippen LogP contribution in [0.4, 0.5) is 5.13 Å². The van der Waals surface area contributed by atoms with Gasteiger partial charge in [-0.25, -0.2) is 9.98 Å². The molecule has 1 saturated heterocycles. The molecule has 0 amide bonds. The molecule has 0 unspecified atom stereocenters. The van der Waals surface area contributed by atoms with Gasteiger partial charge < -0.3 is 24.8 Å². The number of benzene rings is 1. The lowest BCUT2D eigenvalue weighted by molar-refractivity contribution is 0.261. The molecular formula is C22H35N7OS. The van der Waals surface area contributed by atoms with Gasteiger partial charge in [-0.05, 0) is 38.7 Å². The molecule has 9 heteroatoms. The number of piperazine rings is 1. The maximum atomic E-state index is 5.86. The number of aliphatic imine (C=N–C) groups is 1. The second kappa shape index (κ2) is 11.9. The van der Waals surface area contributed by atoms with Crippen LogP contribution in [0.15, 0.2) is 29.3 Å². The number of hydrogen-bond acceptors (Lipinski definition) is 7. The van der Waals surface area contributed by atoms with Crippen LogP contribution in [0, 0.1) is 0 Å². The summed E-state index contributed by atoms with van der Waals surface area (Å²) in [5, 5.41) is 4.48. The van der Waals surface area contributed by atoms with Gasteiger partial charge in [0.1, 0.15) is 18.2 Å². The minimum absolute atomic E-state index is 0.629. The Kier molecular flexibility index (Phi) is 8.90. The Balaban J connectivity index is 1.56. The highest BCUT2D eigenvalue weighted by Gasteiger charge is 2.22. The van der Waals surface area contributed by atoms with Crippen molar-refractivity contribution in [3.05, 3.63) is 35.7 Å². The maximum Gasteiger partial charge on any atom is 0.205 e. The first-order valence-corrected chi connectivity index (χ1v) is 11.8. The van der Waals surface area contributed by atoms with Gasteiger partial charge >= 0.3 is 0 Å². The van der Waals surface area contributed by atoms with Crippen molar-refractivity contribution >= 4 is 22.6 Å². The van der Waals surface area contributed by atoms with Gasteiger partial charge in [-0.15, -0.1) is 0 Å². The molecule has 1 N–H and O–H groups in total. The summed E-state index contributed by atoms with van der Waals surface area (Å²) in [6.07, 6.45) is 0.885. The molecule has 1 aromatic heterocycles. The van der Waals surface area contributed by atoms with Crippen molar-refractivity contribution in [3.8, 4) is 5.75 Å². The van der Waals surface area contributed by atoms with E-state index >= 15 is 0 Å². The Morgan fingerprint density at radius 2 is 2.03 bits per heavy atom. The second-order valence-electron chi connectivity index (χ2n) is 7.79. The van der Waals surface area contributed by atoms with Crippen molar-refractivity contribution in [2.75, 3.05) is 64.9 Å². The van der Waals surface area contributed by atoms with E-state index in [9.17, 15) is 0 Å². The van der Waals surface area contributed by atoms with Crippen molar-refractivity contribution in [2.45, 2.75) is 26.8 Å². The number of guanidine groups is 1. The van der Waals surface area contributed by atoms with Crippen molar-refractivity contribution in [1.29, 1.82) is 0 Å². The third-order valence-electron chi connectivity index (χ3n) is 5.08. The number of ether oxygens (including phenoxy) is 1. The molecule has 3 rings (SSSR count). The van der Waals surface area contributed by atoms with Crippen LogP contribution in [-0.4, -0.2) is 85.1 Å². The lowest BCUT2D eigenvalue weighted by atomic mass is 10.2. The van der Waals surface area contributed by atoms with E-state index in [0.29, 0.717) is 13.2 Å². The zero-order valence-electron chi connectivity index (χ0n) is 19.2. The minimum Gasteiger partial charge on any atom is -0.492 e. The Labute approximate surface area is 190 Å². The number of aryl methyl sites for hydroxylation is 1. The monoisotopic (exact) mass is 445 g/mol. The highest BCUT2D eigenvalue weighted by Crippen LogP contribution is 2.19. The number of nitrogens with zero attached hydrogens (tertiary/aromatic N) is 6. The molecule has 170 valence electrons. The summed E-state index contributed by atoms with van der Waals surface area (Å²) >= 11 is 1.50. The SMILES string of the molecule is CCNC(=NCc1cccc(OCCN(C)C)c1)N1CCN(c2nc(CC)ns2)CC1. The van der Waals surface area contributed by atoms with Gasteiger partial charge in [0.05, 0.1) is 6.54 Å². The van der Waals surface area contributed by atoms with E-state index in [0.717, 1.165) is 73.9 Å². The maximum absolute atomic E-state index is 5.86.